The molecular weight excluding hydrogens is 774 g/mol. The molecule has 0 saturated carbocycles. The normalized spacial score (nSPS) is 15.0. The fraction of sp³-hybridized carbons (Fsp3) is 0.205. The molecule has 4 aromatic carbocycles. The first-order valence-corrected chi connectivity index (χ1v) is 19.0. The number of aromatic nitrogens is 3. The molecule has 1 fully saturated rings. The van der Waals surface area contributed by atoms with E-state index < -0.39 is 52.7 Å². The first-order valence-electron chi connectivity index (χ1n) is 19.0. The quantitative estimate of drug-likeness (QED) is 0.158. The zero-order valence-electron chi connectivity index (χ0n) is 32.8. The number of nitrogens with one attached hydrogen (secondary N) is 3. The number of anilines is 2. The van der Waals surface area contributed by atoms with Crippen LogP contribution in [-0.2, 0) is 34.3 Å². The van der Waals surface area contributed by atoms with Crippen LogP contribution in [0.15, 0.2) is 77.9 Å². The van der Waals surface area contributed by atoms with Crippen molar-refractivity contribution in [1.29, 1.82) is 0 Å². The van der Waals surface area contributed by atoms with Gasteiger partial charge in [0.2, 0.25) is 29.0 Å². The lowest BCUT2D eigenvalue weighted by atomic mass is 10.0. The van der Waals surface area contributed by atoms with Crippen LogP contribution in [-0.4, -0.2) is 60.9 Å². The maximum absolute atomic E-state index is 15.5. The average Bonchev–Trinajstić information content (AvgIpc) is 3.46. The Labute approximate surface area is 340 Å². The number of aryl methyl sites for hydroxylation is 3. The zero-order chi connectivity index (χ0) is 42.6. The van der Waals surface area contributed by atoms with Gasteiger partial charge in [0.1, 0.15) is 17.9 Å². The molecule has 0 bridgehead atoms. The highest BCUT2D eigenvalue weighted by molar-refractivity contribution is 6.24. The summed E-state index contributed by atoms with van der Waals surface area (Å²) < 4.78 is 23.2. The van der Waals surface area contributed by atoms with Crippen molar-refractivity contribution >= 4 is 68.6 Å². The number of benzene rings is 4. The lowest BCUT2D eigenvalue weighted by Gasteiger charge is -2.27. The van der Waals surface area contributed by atoms with Gasteiger partial charge in [0.25, 0.3) is 17.7 Å². The Kier molecular flexibility index (Phi) is 9.99. The molecule has 1 atom stereocenters. The molecule has 0 aliphatic carbocycles. The number of nitrogens with zero attached hydrogens (tertiary/aromatic N) is 4. The number of ether oxygens (including phenoxy) is 1. The molecule has 1 unspecified atom stereocenters. The number of pyridine rings is 1. The monoisotopic (exact) mass is 809 g/mol. The summed E-state index contributed by atoms with van der Waals surface area (Å²) in [5.74, 6) is -4.61. The molecule has 60 heavy (non-hydrogen) atoms. The number of carbonyl (C=O) groups is 6. The lowest BCUT2D eigenvalue weighted by Crippen LogP contribution is -2.54. The maximum Gasteiger partial charge on any atom is 0.262 e. The van der Waals surface area contributed by atoms with E-state index >= 15 is 4.39 Å². The molecule has 2 aromatic heterocycles. The standard InChI is InChI=1S/C44H36FN7O8/c1-5-23-6-10-33-30(15-23)39(55)38(22(3)51(33)4)41(57)49-26-8-12-35(31(45)19-26)60-42-29-14-21(2)24(16-32(29)46-20-47-42)17-37(54)48-25-7-9-27-28(18-25)44(59)52(43(27)58)34-11-13-36(53)50-40(34)56/h6-10,12,14-16,18-20,34H,5,11,13,17H2,1-4H3,(H,48,54)(H,49,57)(H,50,53,56). The molecule has 16 heteroatoms. The summed E-state index contributed by atoms with van der Waals surface area (Å²) in [6.07, 6.45) is 1.88. The zero-order valence-corrected chi connectivity index (χ0v) is 32.8. The third-order valence-electron chi connectivity index (χ3n) is 10.9. The van der Waals surface area contributed by atoms with Gasteiger partial charge >= 0.3 is 0 Å². The van der Waals surface area contributed by atoms with Crippen LogP contribution in [0, 0.1) is 19.7 Å². The van der Waals surface area contributed by atoms with Crippen molar-refractivity contribution in [2.45, 2.75) is 52.5 Å². The number of imide groups is 2. The summed E-state index contributed by atoms with van der Waals surface area (Å²) in [6.45, 7) is 5.43. The third-order valence-corrected chi connectivity index (χ3v) is 10.9. The Bertz CT molecular complexity index is 2960. The molecule has 0 radical (unpaired) electrons. The largest absolute Gasteiger partial charge is 0.435 e. The van der Waals surface area contributed by atoms with Gasteiger partial charge in [0.15, 0.2) is 11.6 Å². The predicted octanol–water partition coefficient (Wildman–Crippen LogP) is 5.43. The molecule has 302 valence electrons. The minimum atomic E-state index is -1.11. The van der Waals surface area contributed by atoms with E-state index in [-0.39, 0.29) is 59.0 Å². The molecule has 6 aromatic rings. The molecule has 2 aliphatic heterocycles. The highest BCUT2D eigenvalue weighted by atomic mass is 19.1. The molecular formula is C44H36FN7O8. The van der Waals surface area contributed by atoms with Gasteiger partial charge in [-0.05, 0) is 98.0 Å². The van der Waals surface area contributed by atoms with E-state index in [2.05, 4.69) is 25.9 Å². The van der Waals surface area contributed by atoms with Gasteiger partial charge in [-0.15, -0.1) is 0 Å². The fourth-order valence-corrected chi connectivity index (χ4v) is 7.58. The van der Waals surface area contributed by atoms with Crippen LogP contribution in [0.3, 0.4) is 0 Å². The van der Waals surface area contributed by atoms with Crippen molar-refractivity contribution in [3.63, 3.8) is 0 Å². The topological polar surface area (TPSA) is 199 Å². The first kappa shape index (κ1) is 39.2. The summed E-state index contributed by atoms with van der Waals surface area (Å²) >= 11 is 0. The Balaban J connectivity index is 0.955. The third kappa shape index (κ3) is 7.01. The molecule has 8 rings (SSSR count). The first-order chi connectivity index (χ1) is 28.7. The number of carbonyl (C=O) groups excluding carboxylic acids is 6. The fourth-order valence-electron chi connectivity index (χ4n) is 7.58. The predicted molar refractivity (Wildman–Crippen MR) is 217 cm³/mol. The van der Waals surface area contributed by atoms with Crippen LogP contribution in [0.5, 0.6) is 11.6 Å². The van der Waals surface area contributed by atoms with E-state index in [0.29, 0.717) is 38.6 Å². The second-order valence-corrected chi connectivity index (χ2v) is 14.7. The Morgan fingerprint density at radius 1 is 0.883 bits per heavy atom. The lowest BCUT2D eigenvalue weighted by molar-refractivity contribution is -0.136. The average molecular weight is 810 g/mol. The second-order valence-electron chi connectivity index (χ2n) is 14.7. The van der Waals surface area contributed by atoms with Gasteiger partial charge < -0.3 is 19.9 Å². The SMILES string of the molecule is CCc1ccc2c(c1)c(=O)c(C(=O)Nc1ccc(Oc3ncnc4cc(CC(=O)Nc5ccc6c(c5)C(=O)N(C5CCC(=O)NC5=O)C6=O)c(C)cc34)c(F)c1)c(C)n2C. The Morgan fingerprint density at radius 2 is 1.63 bits per heavy atom. The van der Waals surface area contributed by atoms with Crippen molar-refractivity contribution in [3.8, 4) is 11.6 Å². The minimum Gasteiger partial charge on any atom is -0.435 e. The second kappa shape index (κ2) is 15.3. The Hall–Kier alpha value is -7.62. The van der Waals surface area contributed by atoms with Crippen LogP contribution in [0.1, 0.15) is 73.2 Å². The van der Waals surface area contributed by atoms with Crippen molar-refractivity contribution < 1.29 is 37.9 Å². The summed E-state index contributed by atoms with van der Waals surface area (Å²) in [6, 6.07) is 16.0. The number of hydrogen-bond acceptors (Lipinski definition) is 10. The molecule has 6 amide bonds. The van der Waals surface area contributed by atoms with Crippen molar-refractivity contribution in [2.75, 3.05) is 10.6 Å². The number of rotatable bonds is 9. The Morgan fingerprint density at radius 3 is 2.38 bits per heavy atom. The number of halogens is 1. The van der Waals surface area contributed by atoms with Gasteiger partial charge in [0, 0.05) is 42.0 Å². The highest BCUT2D eigenvalue weighted by Gasteiger charge is 2.44. The van der Waals surface area contributed by atoms with E-state index in [1.54, 1.807) is 43.7 Å². The van der Waals surface area contributed by atoms with Gasteiger partial charge in [-0.3, -0.25) is 43.8 Å². The van der Waals surface area contributed by atoms with E-state index in [0.717, 1.165) is 23.0 Å². The van der Waals surface area contributed by atoms with Crippen molar-refractivity contribution in [3.05, 3.63) is 128 Å². The smallest absolute Gasteiger partial charge is 0.262 e. The van der Waals surface area contributed by atoms with Gasteiger partial charge in [-0.2, -0.15) is 0 Å². The van der Waals surface area contributed by atoms with Crippen LogP contribution >= 0.6 is 0 Å². The van der Waals surface area contributed by atoms with Gasteiger partial charge in [-0.25, -0.2) is 14.4 Å². The van der Waals surface area contributed by atoms with Crippen LogP contribution in [0.2, 0.25) is 0 Å². The van der Waals surface area contributed by atoms with Gasteiger partial charge in [-0.1, -0.05) is 13.0 Å². The number of hydrogen-bond donors (Lipinski definition) is 3. The van der Waals surface area contributed by atoms with E-state index in [1.807, 2.05) is 19.1 Å². The van der Waals surface area contributed by atoms with E-state index in [9.17, 15) is 33.6 Å². The van der Waals surface area contributed by atoms with E-state index in [4.69, 9.17) is 4.74 Å². The minimum absolute atomic E-state index is 0.00636. The van der Waals surface area contributed by atoms with E-state index in [1.165, 1.54) is 36.7 Å². The molecule has 0 spiro atoms. The summed E-state index contributed by atoms with van der Waals surface area (Å²) in [5, 5.41) is 8.40. The number of amides is 6. The van der Waals surface area contributed by atoms with Crippen LogP contribution in [0.25, 0.3) is 21.8 Å². The molecule has 3 N–H and O–H groups in total. The number of piperidine rings is 1. The summed E-state index contributed by atoms with van der Waals surface area (Å²) in [4.78, 5) is 99.8. The highest BCUT2D eigenvalue weighted by Crippen LogP contribution is 2.33. The van der Waals surface area contributed by atoms with Crippen LogP contribution in [0.4, 0.5) is 15.8 Å². The van der Waals surface area contributed by atoms with Gasteiger partial charge in [0.05, 0.1) is 34.0 Å². The maximum atomic E-state index is 15.5. The van der Waals surface area contributed by atoms with Crippen LogP contribution < -0.4 is 26.1 Å². The number of fused-ring (bicyclic) bond motifs is 3. The van der Waals surface area contributed by atoms with Crippen molar-refractivity contribution in [1.82, 2.24) is 24.8 Å². The molecule has 15 nitrogen and oxygen atoms in total. The molecule has 2 aliphatic rings. The molecule has 4 heterocycles. The summed E-state index contributed by atoms with van der Waals surface area (Å²) in [5.41, 5.74) is 3.81. The summed E-state index contributed by atoms with van der Waals surface area (Å²) in [7, 11) is 1.77. The van der Waals surface area contributed by atoms with Crippen molar-refractivity contribution in [2.24, 2.45) is 7.05 Å². The molecule has 1 saturated heterocycles.